The predicted octanol–water partition coefficient (Wildman–Crippen LogP) is 1.04. The number of methoxy groups -OCH3 is 2. The second-order valence-corrected chi connectivity index (χ2v) is 6.40. The number of nitrogens with one attached hydrogen (secondary N) is 2. The van der Waals surface area contributed by atoms with Crippen LogP contribution in [0.1, 0.15) is 18.1 Å². The first-order valence-corrected chi connectivity index (χ1v) is 9.11. The maximum Gasteiger partial charge on any atom is 0.328 e. The van der Waals surface area contributed by atoms with Crippen molar-refractivity contribution in [3.05, 3.63) is 59.8 Å². The predicted molar refractivity (Wildman–Crippen MR) is 106 cm³/mol. The highest BCUT2D eigenvalue weighted by atomic mass is 16.5. The summed E-state index contributed by atoms with van der Waals surface area (Å²) in [7, 11) is 2.72. The highest BCUT2D eigenvalue weighted by Crippen LogP contribution is 2.16. The molecule has 2 amide bonds. The van der Waals surface area contributed by atoms with E-state index in [0.717, 1.165) is 5.56 Å². The number of carbonyl (C=O) groups excluding carboxylic acids is 3. The third-order valence-corrected chi connectivity index (χ3v) is 4.25. The number of nitrogens with zero attached hydrogens (tertiary/aromatic N) is 1. The second kappa shape index (κ2) is 10.8. The molecule has 0 radical (unpaired) electrons. The molecule has 2 rings (SSSR count). The molecule has 1 aromatic heterocycles. The van der Waals surface area contributed by atoms with Gasteiger partial charge in [0.05, 0.1) is 14.2 Å². The summed E-state index contributed by atoms with van der Waals surface area (Å²) in [4.78, 5) is 40.8. The average molecular weight is 399 g/mol. The number of esters is 1. The summed E-state index contributed by atoms with van der Waals surface area (Å²) in [6.07, 6.45) is 1.99. The Morgan fingerprint density at radius 2 is 1.69 bits per heavy atom. The van der Waals surface area contributed by atoms with Crippen molar-refractivity contribution in [2.24, 2.45) is 0 Å². The summed E-state index contributed by atoms with van der Waals surface area (Å²) < 4.78 is 10.0. The molecule has 29 heavy (non-hydrogen) atoms. The molecule has 0 aliphatic rings. The number of carbonyl (C=O) groups is 3. The summed E-state index contributed by atoms with van der Waals surface area (Å²) in [5, 5.41) is 5.32. The van der Waals surface area contributed by atoms with Crippen molar-refractivity contribution in [2.45, 2.75) is 31.8 Å². The van der Waals surface area contributed by atoms with Crippen molar-refractivity contribution in [2.75, 3.05) is 14.2 Å². The largest absolute Gasteiger partial charge is 0.481 e. The molecule has 8 heteroatoms. The Morgan fingerprint density at radius 3 is 2.31 bits per heavy atom. The second-order valence-electron chi connectivity index (χ2n) is 6.40. The number of pyridine rings is 1. The molecule has 0 saturated heterocycles. The van der Waals surface area contributed by atoms with Gasteiger partial charge in [0.25, 0.3) is 0 Å². The molecule has 154 valence electrons. The molecule has 0 spiro atoms. The fourth-order valence-corrected chi connectivity index (χ4v) is 2.90. The van der Waals surface area contributed by atoms with Crippen LogP contribution in [0.2, 0.25) is 0 Å². The molecule has 2 atom stereocenters. The van der Waals surface area contributed by atoms with E-state index in [1.165, 1.54) is 21.1 Å². The van der Waals surface area contributed by atoms with Crippen molar-refractivity contribution in [1.82, 2.24) is 15.6 Å². The van der Waals surface area contributed by atoms with E-state index < -0.39 is 24.0 Å². The van der Waals surface area contributed by atoms with Crippen molar-refractivity contribution >= 4 is 17.8 Å². The number of hydrogen-bond acceptors (Lipinski definition) is 6. The van der Waals surface area contributed by atoms with Gasteiger partial charge < -0.3 is 20.1 Å². The molecule has 1 aromatic carbocycles. The van der Waals surface area contributed by atoms with E-state index in [4.69, 9.17) is 9.47 Å². The summed E-state index contributed by atoms with van der Waals surface area (Å²) >= 11 is 0. The Kier molecular flexibility index (Phi) is 8.14. The summed E-state index contributed by atoms with van der Waals surface area (Å²) in [6.45, 7) is 1.34. The molecule has 1 heterocycles. The number of ether oxygens (including phenoxy) is 2. The molecule has 2 aromatic rings. The Morgan fingerprint density at radius 1 is 0.966 bits per heavy atom. The lowest BCUT2D eigenvalue weighted by Gasteiger charge is -2.22. The zero-order chi connectivity index (χ0) is 21.2. The molecule has 8 nitrogen and oxygen atoms in total. The lowest BCUT2D eigenvalue weighted by Crippen LogP contribution is -2.53. The van der Waals surface area contributed by atoms with E-state index in [9.17, 15) is 14.4 Å². The van der Waals surface area contributed by atoms with E-state index in [-0.39, 0.29) is 18.7 Å². The number of benzene rings is 1. The minimum Gasteiger partial charge on any atom is -0.481 e. The summed E-state index contributed by atoms with van der Waals surface area (Å²) in [5.74, 6) is -1.07. The first-order chi connectivity index (χ1) is 13.9. The first kappa shape index (κ1) is 21.9. The minimum atomic E-state index is -0.961. The first-order valence-electron chi connectivity index (χ1n) is 9.11. The van der Waals surface area contributed by atoms with Gasteiger partial charge in [-0.15, -0.1) is 0 Å². The Balaban J connectivity index is 2.19. The number of amides is 2. The fraction of sp³-hybridized carbons (Fsp3) is 0.333. The number of hydrogen-bond donors (Lipinski definition) is 2. The highest BCUT2D eigenvalue weighted by molar-refractivity contribution is 5.90. The monoisotopic (exact) mass is 399 g/mol. The standard InChI is InChI=1S/C21H25N3O5/c1-14(25)23-17(12-15-8-5-4-6-9-15)19(26)24-18(21(27)29-3)13-16-10-7-11-22-20(16)28-2/h4-11,17-18H,12-13H2,1-3H3,(H,23,25)(H,24,26)/t17-,18+/m1/s1. The maximum atomic E-state index is 12.9. The van der Waals surface area contributed by atoms with Gasteiger partial charge in [-0.1, -0.05) is 36.4 Å². The molecule has 0 saturated carbocycles. The summed E-state index contributed by atoms with van der Waals surface area (Å²) in [5.41, 5.74) is 1.52. The quantitative estimate of drug-likeness (QED) is 0.610. The van der Waals surface area contributed by atoms with Crippen LogP contribution < -0.4 is 15.4 Å². The van der Waals surface area contributed by atoms with Crippen molar-refractivity contribution in [3.63, 3.8) is 0 Å². The molecule has 2 N–H and O–H groups in total. The van der Waals surface area contributed by atoms with E-state index in [0.29, 0.717) is 11.4 Å². The van der Waals surface area contributed by atoms with Gasteiger partial charge in [-0.05, 0) is 11.6 Å². The smallest absolute Gasteiger partial charge is 0.328 e. The van der Waals surface area contributed by atoms with Crippen LogP contribution >= 0.6 is 0 Å². The van der Waals surface area contributed by atoms with Crippen LogP contribution in [0.5, 0.6) is 5.88 Å². The van der Waals surface area contributed by atoms with E-state index in [1.807, 2.05) is 30.3 Å². The van der Waals surface area contributed by atoms with Gasteiger partial charge >= 0.3 is 5.97 Å². The van der Waals surface area contributed by atoms with Crippen LogP contribution in [-0.4, -0.2) is 49.1 Å². The molecule has 0 bridgehead atoms. The van der Waals surface area contributed by atoms with Gasteiger partial charge in [-0.2, -0.15) is 0 Å². The number of rotatable bonds is 9. The molecular formula is C21H25N3O5. The molecule has 0 aliphatic carbocycles. The van der Waals surface area contributed by atoms with Gasteiger partial charge in [0.2, 0.25) is 17.7 Å². The summed E-state index contributed by atoms with van der Waals surface area (Å²) in [6, 6.07) is 11.0. The van der Waals surface area contributed by atoms with Crippen LogP contribution in [-0.2, 0) is 32.0 Å². The Bertz CT molecular complexity index is 841. The normalized spacial score (nSPS) is 12.4. The minimum absolute atomic E-state index is 0.132. The lowest BCUT2D eigenvalue weighted by atomic mass is 10.0. The zero-order valence-electron chi connectivity index (χ0n) is 16.7. The zero-order valence-corrected chi connectivity index (χ0v) is 16.7. The van der Waals surface area contributed by atoms with Crippen LogP contribution in [0.4, 0.5) is 0 Å². The van der Waals surface area contributed by atoms with E-state index in [1.54, 1.807) is 18.3 Å². The average Bonchev–Trinajstić information content (AvgIpc) is 2.73. The third-order valence-electron chi connectivity index (χ3n) is 4.25. The lowest BCUT2D eigenvalue weighted by molar-refractivity contribution is -0.145. The third kappa shape index (κ3) is 6.60. The maximum absolute atomic E-state index is 12.9. The van der Waals surface area contributed by atoms with Crippen molar-refractivity contribution in [1.29, 1.82) is 0 Å². The molecule has 0 aliphatic heterocycles. The van der Waals surface area contributed by atoms with Crippen LogP contribution in [0.15, 0.2) is 48.7 Å². The molecule has 0 fully saturated rings. The highest BCUT2D eigenvalue weighted by Gasteiger charge is 2.28. The van der Waals surface area contributed by atoms with Gasteiger partial charge in [-0.25, -0.2) is 9.78 Å². The van der Waals surface area contributed by atoms with E-state index in [2.05, 4.69) is 15.6 Å². The molecule has 0 unspecified atom stereocenters. The van der Waals surface area contributed by atoms with Crippen molar-refractivity contribution < 1.29 is 23.9 Å². The van der Waals surface area contributed by atoms with Gasteiger partial charge in [0.15, 0.2) is 0 Å². The Hall–Kier alpha value is -3.42. The van der Waals surface area contributed by atoms with Crippen molar-refractivity contribution in [3.8, 4) is 5.88 Å². The van der Waals surface area contributed by atoms with Gasteiger partial charge in [0, 0.05) is 31.5 Å². The molecular weight excluding hydrogens is 374 g/mol. The topological polar surface area (TPSA) is 107 Å². The number of aromatic nitrogens is 1. The SMILES string of the molecule is COC(=O)[C@H](Cc1cccnc1OC)NC(=O)[C@@H](Cc1ccccc1)NC(C)=O. The van der Waals surface area contributed by atoms with E-state index >= 15 is 0 Å². The fourth-order valence-electron chi connectivity index (χ4n) is 2.90. The van der Waals surface area contributed by atoms with Gasteiger partial charge in [0.1, 0.15) is 12.1 Å². The van der Waals surface area contributed by atoms with Crippen LogP contribution in [0.3, 0.4) is 0 Å². The van der Waals surface area contributed by atoms with Crippen LogP contribution in [0.25, 0.3) is 0 Å². The van der Waals surface area contributed by atoms with Gasteiger partial charge in [-0.3, -0.25) is 9.59 Å². The Labute approximate surface area is 169 Å². The van der Waals surface area contributed by atoms with Crippen LogP contribution in [0, 0.1) is 0 Å².